The molecule has 93 valence electrons. The van der Waals surface area contributed by atoms with E-state index in [9.17, 15) is 26.3 Å². The molecule has 1 radical (unpaired) electrons. The molecule has 0 bridgehead atoms. The number of alkyl halides is 6. The van der Waals surface area contributed by atoms with Gasteiger partial charge in [-0.3, -0.25) is 0 Å². The molecule has 0 aliphatic heterocycles. The van der Waals surface area contributed by atoms with E-state index in [1.54, 1.807) is 0 Å². The monoisotopic (exact) mass is 287 g/mol. The van der Waals surface area contributed by atoms with Crippen LogP contribution in [-0.4, -0.2) is 34.5 Å². The molecule has 0 atom stereocenters. The number of carboxylic acids is 2. The van der Waals surface area contributed by atoms with Gasteiger partial charge in [-0.1, -0.05) is 0 Å². The van der Waals surface area contributed by atoms with Crippen LogP contribution < -0.4 is 0 Å². The number of carbonyl (C=O) groups is 2. The third-order valence-electron chi connectivity index (χ3n) is 0.485. The quantitative estimate of drug-likeness (QED) is 0.658. The van der Waals surface area contributed by atoms with Crippen LogP contribution in [0.15, 0.2) is 0 Å². The third-order valence-corrected chi connectivity index (χ3v) is 0.485. The third kappa shape index (κ3) is 13.0. The molecular weight excluding hydrogens is 285 g/mol. The zero-order valence-electron chi connectivity index (χ0n) is 6.31. The van der Waals surface area contributed by atoms with Gasteiger partial charge >= 0.3 is 24.3 Å². The molecule has 2 N–H and O–H groups in total. The Hall–Kier alpha value is -0.974. The van der Waals surface area contributed by atoms with Crippen LogP contribution in [0.4, 0.5) is 26.3 Å². The fourth-order valence-corrected chi connectivity index (χ4v) is 0. The van der Waals surface area contributed by atoms with E-state index in [-0.39, 0.29) is 16.8 Å². The van der Waals surface area contributed by atoms with Gasteiger partial charge < -0.3 is 10.2 Å². The molecule has 0 aromatic rings. The Labute approximate surface area is 88.1 Å². The summed E-state index contributed by atoms with van der Waals surface area (Å²) in [7, 11) is 0. The summed E-state index contributed by atoms with van der Waals surface area (Å²) in [5, 5.41) is 14.2. The predicted octanol–water partition coefficient (Wildman–Crippen LogP) is 1.26. The second kappa shape index (κ2) is 6.50. The molecule has 15 heavy (non-hydrogen) atoms. The fraction of sp³-hybridized carbons (Fsp3) is 0.500. The minimum atomic E-state index is -5.08. The van der Waals surface area contributed by atoms with Crippen LogP contribution in [0.25, 0.3) is 0 Å². The normalized spacial score (nSPS) is 10.5. The van der Waals surface area contributed by atoms with Crippen molar-refractivity contribution in [3.8, 4) is 0 Å². The van der Waals surface area contributed by atoms with E-state index in [0.717, 1.165) is 0 Å². The van der Waals surface area contributed by atoms with E-state index in [2.05, 4.69) is 0 Å². The van der Waals surface area contributed by atoms with Crippen molar-refractivity contribution in [2.24, 2.45) is 0 Å². The van der Waals surface area contributed by atoms with Gasteiger partial charge in [0.2, 0.25) is 0 Å². The van der Waals surface area contributed by atoms with Crippen molar-refractivity contribution in [3.63, 3.8) is 0 Å². The molecular formula is C4H2CoF6O4. The summed E-state index contributed by atoms with van der Waals surface area (Å²) in [6.07, 6.45) is -10.2. The molecule has 0 heterocycles. The van der Waals surface area contributed by atoms with E-state index in [1.807, 2.05) is 0 Å². The first-order valence-corrected chi connectivity index (χ1v) is 2.49. The van der Waals surface area contributed by atoms with Crippen LogP contribution in [-0.2, 0) is 26.4 Å². The maximum atomic E-state index is 10.6. The molecule has 0 aliphatic carbocycles. The van der Waals surface area contributed by atoms with Crippen molar-refractivity contribution in [2.75, 3.05) is 0 Å². The SMILES string of the molecule is O=C(O)C(F)(F)F.O=C(O)C(F)(F)F.[Co]. The Morgan fingerprint density at radius 1 is 0.733 bits per heavy atom. The van der Waals surface area contributed by atoms with Gasteiger partial charge in [0.25, 0.3) is 0 Å². The standard InChI is InChI=1S/2C2HF3O2.Co/c2*3-2(4,5)1(6)7;/h2*(H,6,7);. The van der Waals surface area contributed by atoms with Gasteiger partial charge in [-0.05, 0) is 0 Å². The molecule has 11 heteroatoms. The molecule has 0 aliphatic rings. The minimum absolute atomic E-state index is 0. The maximum absolute atomic E-state index is 10.6. The van der Waals surface area contributed by atoms with Crippen LogP contribution in [0.3, 0.4) is 0 Å². The largest absolute Gasteiger partial charge is 0.490 e. The van der Waals surface area contributed by atoms with Gasteiger partial charge in [0.05, 0.1) is 0 Å². The maximum Gasteiger partial charge on any atom is 0.490 e. The van der Waals surface area contributed by atoms with E-state index in [0.29, 0.717) is 0 Å². The topological polar surface area (TPSA) is 74.6 Å². The van der Waals surface area contributed by atoms with E-state index >= 15 is 0 Å². The number of halogens is 6. The second-order valence-corrected chi connectivity index (χ2v) is 1.61. The zero-order valence-corrected chi connectivity index (χ0v) is 7.35. The van der Waals surface area contributed by atoms with E-state index in [4.69, 9.17) is 19.8 Å². The summed E-state index contributed by atoms with van der Waals surface area (Å²) in [6, 6.07) is 0. The van der Waals surface area contributed by atoms with Crippen LogP contribution in [0.1, 0.15) is 0 Å². The van der Waals surface area contributed by atoms with E-state index < -0.39 is 24.3 Å². The molecule has 0 amide bonds. The summed E-state index contributed by atoms with van der Waals surface area (Å²) in [6.45, 7) is 0. The molecule has 0 fully saturated rings. The molecule has 0 spiro atoms. The number of rotatable bonds is 0. The first-order chi connectivity index (χ1) is 5.89. The molecule has 0 unspecified atom stereocenters. The van der Waals surface area contributed by atoms with Crippen molar-refractivity contribution in [2.45, 2.75) is 12.4 Å². The van der Waals surface area contributed by atoms with Crippen LogP contribution >= 0.6 is 0 Å². The minimum Gasteiger partial charge on any atom is -0.475 e. The predicted molar refractivity (Wildman–Crippen MR) is 27.4 cm³/mol. The Morgan fingerprint density at radius 3 is 0.800 bits per heavy atom. The number of hydrogen-bond donors (Lipinski definition) is 2. The number of hydrogen-bond acceptors (Lipinski definition) is 2. The van der Waals surface area contributed by atoms with Gasteiger partial charge in [0.1, 0.15) is 0 Å². The average Bonchev–Trinajstić information content (AvgIpc) is 1.83. The molecule has 0 rings (SSSR count). The van der Waals surface area contributed by atoms with Crippen LogP contribution in [0, 0.1) is 0 Å². The fourth-order valence-electron chi connectivity index (χ4n) is 0. The summed E-state index contributed by atoms with van der Waals surface area (Å²) in [5.41, 5.74) is 0. The van der Waals surface area contributed by atoms with Crippen molar-refractivity contribution in [3.05, 3.63) is 0 Å². The Balaban J connectivity index is -0.000000180. The van der Waals surface area contributed by atoms with Crippen molar-refractivity contribution >= 4 is 11.9 Å². The van der Waals surface area contributed by atoms with Gasteiger partial charge in [-0.25, -0.2) is 9.59 Å². The zero-order chi connectivity index (χ0) is 12.2. The molecule has 4 nitrogen and oxygen atoms in total. The Bertz CT molecular complexity index is 196. The van der Waals surface area contributed by atoms with Crippen molar-refractivity contribution in [1.82, 2.24) is 0 Å². The summed E-state index contributed by atoms with van der Waals surface area (Å²) in [4.78, 5) is 17.8. The Morgan fingerprint density at radius 2 is 0.800 bits per heavy atom. The second-order valence-electron chi connectivity index (χ2n) is 1.61. The van der Waals surface area contributed by atoms with Gasteiger partial charge in [0, 0.05) is 16.8 Å². The van der Waals surface area contributed by atoms with Gasteiger partial charge in [-0.15, -0.1) is 0 Å². The summed E-state index contributed by atoms with van der Waals surface area (Å²) >= 11 is 0. The molecule has 0 aromatic heterocycles. The number of carboxylic acid groups (broad SMARTS) is 2. The Kier molecular flexibility index (Phi) is 8.48. The van der Waals surface area contributed by atoms with Gasteiger partial charge in [-0.2, -0.15) is 26.3 Å². The average molecular weight is 287 g/mol. The molecule has 0 aromatic carbocycles. The van der Waals surface area contributed by atoms with Crippen molar-refractivity contribution < 1.29 is 62.9 Å². The van der Waals surface area contributed by atoms with Gasteiger partial charge in [0.15, 0.2) is 0 Å². The first-order valence-electron chi connectivity index (χ1n) is 2.49. The number of aliphatic carboxylic acids is 2. The van der Waals surface area contributed by atoms with E-state index in [1.165, 1.54) is 0 Å². The smallest absolute Gasteiger partial charge is 0.475 e. The summed E-state index contributed by atoms with van der Waals surface area (Å²) < 4.78 is 63.5. The van der Waals surface area contributed by atoms with Crippen LogP contribution in [0.5, 0.6) is 0 Å². The molecule has 0 saturated heterocycles. The molecule has 0 saturated carbocycles. The summed E-state index contributed by atoms with van der Waals surface area (Å²) in [5.74, 6) is -5.51. The van der Waals surface area contributed by atoms with Crippen LogP contribution in [0.2, 0.25) is 0 Å². The van der Waals surface area contributed by atoms with Crippen molar-refractivity contribution in [1.29, 1.82) is 0 Å². The first kappa shape index (κ1) is 19.6.